The minimum Gasteiger partial charge on any atom is -0.389 e. The third kappa shape index (κ3) is 8.15. The van der Waals surface area contributed by atoms with Gasteiger partial charge < -0.3 is 5.32 Å². The number of hydrogen-bond acceptors (Lipinski definition) is 1. The van der Waals surface area contributed by atoms with Crippen LogP contribution in [0, 0.1) is 5.92 Å². The molecule has 1 heteroatoms. The summed E-state index contributed by atoms with van der Waals surface area (Å²) < 4.78 is 0. The van der Waals surface area contributed by atoms with Gasteiger partial charge in [0.1, 0.15) is 0 Å². The smallest absolute Gasteiger partial charge is 0.0146 e. The SMILES string of the molecule is C=C(CC)NCCC(C)CCCCC. The van der Waals surface area contributed by atoms with Crippen molar-refractivity contribution in [1.82, 2.24) is 5.32 Å². The first kappa shape index (κ1) is 13.5. The van der Waals surface area contributed by atoms with Crippen molar-refractivity contribution >= 4 is 0 Å². The molecule has 1 N–H and O–H groups in total. The predicted molar refractivity (Wildman–Crippen MR) is 65.4 cm³/mol. The number of allylic oxidation sites excluding steroid dienone is 1. The second kappa shape index (κ2) is 9.11. The molecule has 0 bridgehead atoms. The molecule has 0 aliphatic carbocycles. The fourth-order valence-corrected chi connectivity index (χ4v) is 1.51. The lowest BCUT2D eigenvalue weighted by Crippen LogP contribution is -2.15. The maximum Gasteiger partial charge on any atom is 0.0146 e. The molecule has 1 nitrogen and oxygen atoms in total. The summed E-state index contributed by atoms with van der Waals surface area (Å²) in [6.45, 7) is 11.8. The van der Waals surface area contributed by atoms with Crippen molar-refractivity contribution in [2.75, 3.05) is 6.54 Å². The van der Waals surface area contributed by atoms with E-state index in [-0.39, 0.29) is 0 Å². The highest BCUT2D eigenvalue weighted by molar-refractivity contribution is 4.88. The van der Waals surface area contributed by atoms with Crippen molar-refractivity contribution in [3.8, 4) is 0 Å². The first-order valence-corrected chi connectivity index (χ1v) is 6.12. The highest BCUT2D eigenvalue weighted by Crippen LogP contribution is 2.12. The topological polar surface area (TPSA) is 12.0 Å². The zero-order chi connectivity index (χ0) is 10.8. The molecule has 1 atom stereocenters. The Hall–Kier alpha value is -0.460. The maximum absolute atomic E-state index is 3.93. The van der Waals surface area contributed by atoms with Gasteiger partial charge in [-0.25, -0.2) is 0 Å². The second-order valence-electron chi connectivity index (χ2n) is 4.27. The lowest BCUT2D eigenvalue weighted by Gasteiger charge is -2.12. The van der Waals surface area contributed by atoms with Crippen molar-refractivity contribution < 1.29 is 0 Å². The zero-order valence-corrected chi connectivity index (χ0v) is 10.2. The summed E-state index contributed by atoms with van der Waals surface area (Å²) in [5.41, 5.74) is 1.17. The predicted octanol–water partition coefficient (Wildman–Crippen LogP) is 4.11. The third-order valence-corrected chi connectivity index (χ3v) is 2.74. The molecule has 0 saturated heterocycles. The van der Waals surface area contributed by atoms with E-state index in [1.54, 1.807) is 0 Å². The normalized spacial score (nSPS) is 12.5. The van der Waals surface area contributed by atoms with Gasteiger partial charge in [-0.3, -0.25) is 0 Å². The van der Waals surface area contributed by atoms with Gasteiger partial charge in [0.2, 0.25) is 0 Å². The Labute approximate surface area is 90.0 Å². The molecule has 0 amide bonds. The summed E-state index contributed by atoms with van der Waals surface area (Å²) in [7, 11) is 0. The van der Waals surface area contributed by atoms with Crippen molar-refractivity contribution in [2.24, 2.45) is 5.92 Å². The fraction of sp³-hybridized carbons (Fsp3) is 0.846. The van der Waals surface area contributed by atoms with E-state index < -0.39 is 0 Å². The van der Waals surface area contributed by atoms with Crippen LogP contribution < -0.4 is 5.32 Å². The Morgan fingerprint density at radius 3 is 2.50 bits per heavy atom. The third-order valence-electron chi connectivity index (χ3n) is 2.74. The molecule has 0 aliphatic rings. The highest BCUT2D eigenvalue weighted by atomic mass is 14.9. The Bertz CT molecular complexity index is 140. The van der Waals surface area contributed by atoms with Gasteiger partial charge in [0, 0.05) is 12.2 Å². The summed E-state index contributed by atoms with van der Waals surface area (Å²) in [4.78, 5) is 0. The van der Waals surface area contributed by atoms with E-state index in [9.17, 15) is 0 Å². The van der Waals surface area contributed by atoms with Crippen molar-refractivity contribution in [3.63, 3.8) is 0 Å². The van der Waals surface area contributed by atoms with Crippen LogP contribution in [0.2, 0.25) is 0 Å². The molecule has 0 aliphatic heterocycles. The lowest BCUT2D eigenvalue weighted by atomic mass is 10.00. The molecule has 0 aromatic rings. The number of nitrogens with one attached hydrogen (secondary N) is 1. The van der Waals surface area contributed by atoms with Crippen LogP contribution in [0.25, 0.3) is 0 Å². The average molecular weight is 197 g/mol. The van der Waals surface area contributed by atoms with Gasteiger partial charge >= 0.3 is 0 Å². The second-order valence-corrected chi connectivity index (χ2v) is 4.27. The Morgan fingerprint density at radius 1 is 1.21 bits per heavy atom. The van der Waals surface area contributed by atoms with Crippen LogP contribution in [0.15, 0.2) is 12.3 Å². The Morgan fingerprint density at radius 2 is 1.93 bits per heavy atom. The van der Waals surface area contributed by atoms with E-state index in [1.165, 1.54) is 37.8 Å². The van der Waals surface area contributed by atoms with Crippen molar-refractivity contribution in [2.45, 2.75) is 59.3 Å². The first-order valence-electron chi connectivity index (χ1n) is 6.12. The van der Waals surface area contributed by atoms with Crippen LogP contribution in [0.5, 0.6) is 0 Å². The molecule has 0 heterocycles. The van der Waals surface area contributed by atoms with Gasteiger partial charge in [-0.15, -0.1) is 0 Å². The minimum absolute atomic E-state index is 0.860. The molecular formula is C13H27N. The van der Waals surface area contributed by atoms with Gasteiger partial charge in [-0.1, -0.05) is 53.0 Å². The first-order chi connectivity index (χ1) is 6.70. The molecule has 1 unspecified atom stereocenters. The quantitative estimate of drug-likeness (QED) is 0.549. The standard InChI is InChI=1S/C13H27N/c1-5-7-8-9-12(3)10-11-14-13(4)6-2/h12,14H,4-11H2,1-3H3. The van der Waals surface area contributed by atoms with E-state index in [2.05, 4.69) is 32.7 Å². The summed E-state index contributed by atoms with van der Waals surface area (Å²) in [6.07, 6.45) is 7.82. The fourth-order valence-electron chi connectivity index (χ4n) is 1.51. The molecule has 0 radical (unpaired) electrons. The van der Waals surface area contributed by atoms with Crippen molar-refractivity contribution in [3.05, 3.63) is 12.3 Å². The molecule has 0 rings (SSSR count). The average Bonchev–Trinajstić information content (AvgIpc) is 2.18. The minimum atomic E-state index is 0.860. The molecule has 84 valence electrons. The summed E-state index contributed by atoms with van der Waals surface area (Å²) in [6, 6.07) is 0. The Balaban J connectivity index is 3.26. The van der Waals surface area contributed by atoms with Crippen molar-refractivity contribution in [1.29, 1.82) is 0 Å². The molecule has 0 aromatic heterocycles. The van der Waals surface area contributed by atoms with Crippen LogP contribution in [-0.2, 0) is 0 Å². The summed E-state index contributed by atoms with van der Waals surface area (Å²) >= 11 is 0. The van der Waals surface area contributed by atoms with Gasteiger partial charge in [-0.2, -0.15) is 0 Å². The summed E-state index contributed by atoms with van der Waals surface area (Å²) in [5, 5.41) is 3.36. The van der Waals surface area contributed by atoms with E-state index in [0.717, 1.165) is 18.9 Å². The molecular weight excluding hydrogens is 170 g/mol. The molecule has 0 fully saturated rings. The van der Waals surface area contributed by atoms with Crippen LogP contribution in [-0.4, -0.2) is 6.54 Å². The molecule has 14 heavy (non-hydrogen) atoms. The van der Waals surface area contributed by atoms with E-state index in [1.807, 2.05) is 0 Å². The van der Waals surface area contributed by atoms with Crippen LogP contribution in [0.3, 0.4) is 0 Å². The van der Waals surface area contributed by atoms with Gasteiger partial charge in [0.15, 0.2) is 0 Å². The molecule has 0 aromatic carbocycles. The Kier molecular flexibility index (Phi) is 8.81. The highest BCUT2D eigenvalue weighted by Gasteiger charge is 2.01. The molecule has 0 saturated carbocycles. The van der Waals surface area contributed by atoms with Crippen LogP contribution in [0.1, 0.15) is 59.3 Å². The number of rotatable bonds is 9. The van der Waals surface area contributed by atoms with Gasteiger partial charge in [-0.05, 0) is 18.8 Å². The monoisotopic (exact) mass is 197 g/mol. The van der Waals surface area contributed by atoms with E-state index in [4.69, 9.17) is 0 Å². The van der Waals surface area contributed by atoms with E-state index in [0.29, 0.717) is 0 Å². The van der Waals surface area contributed by atoms with Gasteiger partial charge in [0.05, 0.1) is 0 Å². The van der Waals surface area contributed by atoms with E-state index >= 15 is 0 Å². The van der Waals surface area contributed by atoms with Gasteiger partial charge in [0.25, 0.3) is 0 Å². The largest absolute Gasteiger partial charge is 0.389 e. The maximum atomic E-state index is 3.93. The zero-order valence-electron chi connectivity index (χ0n) is 10.2. The van der Waals surface area contributed by atoms with Crippen LogP contribution >= 0.6 is 0 Å². The lowest BCUT2D eigenvalue weighted by molar-refractivity contribution is 0.456. The molecule has 0 spiro atoms. The van der Waals surface area contributed by atoms with Crippen LogP contribution in [0.4, 0.5) is 0 Å². The summed E-state index contributed by atoms with van der Waals surface area (Å²) in [5.74, 6) is 0.860. The number of hydrogen-bond donors (Lipinski definition) is 1. The number of unbranched alkanes of at least 4 members (excludes halogenated alkanes) is 2.